The van der Waals surface area contributed by atoms with Gasteiger partial charge in [0.15, 0.2) is 9.75 Å². The van der Waals surface area contributed by atoms with Crippen molar-refractivity contribution >= 4 is 52.5 Å². The maximum atomic E-state index is 14.0. The van der Waals surface area contributed by atoms with E-state index in [9.17, 15) is 33.9 Å². The Morgan fingerprint density at radius 1 is 1.00 bits per heavy atom. The molecule has 1 aromatic heterocycles. The number of benzene rings is 1. The molecule has 2 aliphatic carbocycles. The number of alkyl halides is 2. The molecule has 4 amide bonds. The van der Waals surface area contributed by atoms with Crippen LogP contribution in [0.15, 0.2) is 52.5 Å². The van der Waals surface area contributed by atoms with Crippen molar-refractivity contribution in [2.75, 3.05) is 4.90 Å². The number of hydroxylamine groups is 2. The van der Waals surface area contributed by atoms with Crippen molar-refractivity contribution in [1.29, 1.82) is 0 Å². The molecule has 192 valence electrons. The summed E-state index contributed by atoms with van der Waals surface area (Å²) in [5.74, 6) is -7.42. The number of allylic oxidation sites excluding steroid dienone is 2. The lowest BCUT2D eigenvalue weighted by Crippen LogP contribution is -2.60. The largest absolute Gasteiger partial charge is 0.463 e. The molecule has 37 heavy (non-hydrogen) atoms. The second kappa shape index (κ2) is 7.97. The van der Waals surface area contributed by atoms with Crippen LogP contribution in [-0.2, 0) is 25.8 Å². The molecule has 2 N–H and O–H groups in total. The summed E-state index contributed by atoms with van der Waals surface area (Å²) in [4.78, 5) is 49.9. The van der Waals surface area contributed by atoms with Gasteiger partial charge in [0.1, 0.15) is 23.9 Å². The van der Waals surface area contributed by atoms with Crippen LogP contribution in [0.1, 0.15) is 30.3 Å². The minimum atomic E-state index is -2.12. The first-order valence-electron chi connectivity index (χ1n) is 11.5. The number of aliphatic hydroxyl groups excluding tert-OH is 1. The maximum Gasteiger partial charge on any atom is 0.258 e. The van der Waals surface area contributed by atoms with Gasteiger partial charge in [-0.25, -0.2) is 9.29 Å². The number of carbonyl (C=O) groups is 4. The van der Waals surface area contributed by atoms with Gasteiger partial charge in [0.05, 0.1) is 23.4 Å². The van der Waals surface area contributed by atoms with Gasteiger partial charge in [-0.15, -0.1) is 23.2 Å². The number of aliphatic hydroxyl groups is 1. The maximum absolute atomic E-state index is 14.0. The molecule has 6 rings (SSSR count). The number of hydrogen-bond acceptors (Lipinski definition) is 7. The Kier molecular flexibility index (Phi) is 5.24. The fraction of sp³-hybridized carbons (Fsp3) is 0.360. The quantitative estimate of drug-likeness (QED) is 0.261. The van der Waals surface area contributed by atoms with Gasteiger partial charge in [0, 0.05) is 0 Å². The lowest BCUT2D eigenvalue weighted by molar-refractivity contribution is -0.173. The van der Waals surface area contributed by atoms with Crippen LogP contribution >= 0.6 is 23.2 Å². The molecule has 0 bridgehead atoms. The summed E-state index contributed by atoms with van der Waals surface area (Å²) in [5, 5.41) is 19.7. The van der Waals surface area contributed by atoms with E-state index < -0.39 is 69.5 Å². The van der Waals surface area contributed by atoms with E-state index >= 15 is 0 Å². The van der Waals surface area contributed by atoms with Gasteiger partial charge in [-0.3, -0.25) is 24.4 Å². The first-order valence-corrected chi connectivity index (χ1v) is 12.3. The smallest absolute Gasteiger partial charge is 0.258 e. The molecule has 6 atom stereocenters. The van der Waals surface area contributed by atoms with E-state index in [1.54, 1.807) is 6.08 Å². The average Bonchev–Trinajstić information content (AvgIpc) is 3.48. The molecule has 0 radical (unpaired) electrons. The summed E-state index contributed by atoms with van der Waals surface area (Å²) in [6.07, 6.45) is 1.50. The summed E-state index contributed by atoms with van der Waals surface area (Å²) in [6, 6.07) is 7.66. The van der Waals surface area contributed by atoms with Crippen molar-refractivity contribution in [3.63, 3.8) is 0 Å². The summed E-state index contributed by atoms with van der Waals surface area (Å²) < 4.78 is 19.4. The summed E-state index contributed by atoms with van der Waals surface area (Å²) in [5.41, 5.74) is 0.536. The topological polar surface area (TPSA) is 128 Å². The second-order valence-corrected chi connectivity index (χ2v) is 10.9. The average molecular weight is 549 g/mol. The van der Waals surface area contributed by atoms with Crippen LogP contribution in [-0.4, -0.2) is 48.8 Å². The Balaban J connectivity index is 1.56. The molecule has 0 unspecified atom stereocenters. The van der Waals surface area contributed by atoms with Crippen LogP contribution in [0.5, 0.6) is 0 Å². The fourth-order valence-corrected chi connectivity index (χ4v) is 7.25. The van der Waals surface area contributed by atoms with Crippen LogP contribution in [0.3, 0.4) is 0 Å². The van der Waals surface area contributed by atoms with Crippen molar-refractivity contribution in [2.24, 2.45) is 17.8 Å². The van der Waals surface area contributed by atoms with E-state index in [1.165, 1.54) is 24.3 Å². The number of rotatable bonds is 3. The number of furan rings is 1. The van der Waals surface area contributed by atoms with Crippen molar-refractivity contribution in [1.82, 2.24) is 5.06 Å². The normalized spacial score (nSPS) is 35.0. The molecule has 0 spiro atoms. The number of hydrogen-bond donors (Lipinski definition) is 2. The van der Waals surface area contributed by atoms with Crippen LogP contribution in [0.4, 0.5) is 10.1 Å². The minimum absolute atomic E-state index is 0.0589. The molecular formula is C25H19Cl2FN2O7. The van der Waals surface area contributed by atoms with Crippen molar-refractivity contribution in [2.45, 2.75) is 35.1 Å². The first-order chi connectivity index (χ1) is 17.5. The zero-order chi connectivity index (χ0) is 26.4. The molecule has 9 nitrogen and oxygen atoms in total. The Morgan fingerprint density at radius 2 is 1.70 bits per heavy atom. The van der Waals surface area contributed by atoms with Gasteiger partial charge < -0.3 is 9.52 Å². The minimum Gasteiger partial charge on any atom is -0.463 e. The number of imide groups is 2. The van der Waals surface area contributed by atoms with Gasteiger partial charge in [-0.2, -0.15) is 5.06 Å². The van der Waals surface area contributed by atoms with E-state index in [2.05, 4.69) is 0 Å². The van der Waals surface area contributed by atoms with Crippen molar-refractivity contribution < 1.29 is 38.3 Å². The summed E-state index contributed by atoms with van der Waals surface area (Å²) in [7, 11) is 0. The molecule has 1 aromatic carbocycles. The number of carbonyl (C=O) groups excluding carboxylic acids is 4. The van der Waals surface area contributed by atoms with Gasteiger partial charge in [-0.05, 0) is 55.2 Å². The SMILES string of the molecule is O=C1[C@H]2[C@H](CC=C3[C@H]2C[C@@]2(Cl)C(=O)N(c4ccc(F)cc4)C(=O)[C@@]2(Cl)[C@H]3c2ccc(CO)o2)C(=O)N1O. The van der Waals surface area contributed by atoms with Crippen LogP contribution in [0, 0.1) is 23.6 Å². The third-order valence-corrected chi connectivity index (χ3v) is 9.41. The predicted molar refractivity (Wildman–Crippen MR) is 125 cm³/mol. The Hall–Kier alpha value is -3.05. The fourth-order valence-electron chi connectivity index (χ4n) is 6.33. The number of amides is 4. The first kappa shape index (κ1) is 24.3. The molecule has 1 saturated carbocycles. The Bertz CT molecular complexity index is 1410. The second-order valence-electron chi connectivity index (χ2n) is 9.70. The highest BCUT2D eigenvalue weighted by Gasteiger charge is 2.77. The molecule has 3 heterocycles. The number of anilines is 1. The van der Waals surface area contributed by atoms with E-state index in [4.69, 9.17) is 27.6 Å². The lowest BCUT2D eigenvalue weighted by atomic mass is 9.57. The molecular weight excluding hydrogens is 530 g/mol. The summed E-state index contributed by atoms with van der Waals surface area (Å²) >= 11 is 14.2. The van der Waals surface area contributed by atoms with Gasteiger partial charge in [0.2, 0.25) is 0 Å². The van der Waals surface area contributed by atoms with E-state index in [0.717, 1.165) is 17.0 Å². The van der Waals surface area contributed by atoms with Crippen LogP contribution in [0.2, 0.25) is 0 Å². The number of nitrogens with zero attached hydrogens (tertiary/aromatic N) is 2. The van der Waals surface area contributed by atoms with Gasteiger partial charge >= 0.3 is 0 Å². The monoisotopic (exact) mass is 548 g/mol. The molecule has 12 heteroatoms. The zero-order valence-corrected chi connectivity index (χ0v) is 20.4. The number of halogens is 3. The molecule has 4 aliphatic rings. The van der Waals surface area contributed by atoms with E-state index in [1.807, 2.05) is 0 Å². The van der Waals surface area contributed by atoms with Gasteiger partial charge in [0.25, 0.3) is 23.6 Å². The molecule has 2 aliphatic heterocycles. The van der Waals surface area contributed by atoms with E-state index in [0.29, 0.717) is 5.57 Å². The van der Waals surface area contributed by atoms with Crippen molar-refractivity contribution in [3.8, 4) is 0 Å². The highest BCUT2D eigenvalue weighted by Crippen LogP contribution is 2.65. The van der Waals surface area contributed by atoms with E-state index in [-0.39, 0.29) is 35.1 Å². The molecule has 3 fully saturated rings. The van der Waals surface area contributed by atoms with Gasteiger partial charge in [-0.1, -0.05) is 11.6 Å². The highest BCUT2D eigenvalue weighted by atomic mass is 35.5. The van der Waals surface area contributed by atoms with Crippen molar-refractivity contribution in [3.05, 3.63) is 65.4 Å². The Labute approximate surface area is 219 Å². The zero-order valence-electron chi connectivity index (χ0n) is 18.9. The third kappa shape index (κ3) is 2.98. The third-order valence-electron chi connectivity index (χ3n) is 8.00. The number of fused-ring (bicyclic) bond motifs is 4. The predicted octanol–water partition coefficient (Wildman–Crippen LogP) is 2.86. The standard InChI is InChI=1S/C25H19Cl2FN2O7/c26-24-9-16-14(6-7-15-18(16)21(33)30(36)20(15)32)19(17-8-5-13(10-31)37-17)25(24,27)23(35)29(22(24)34)12-3-1-11(28)2-4-12/h1-6,8,15-16,18-19,31,36H,7,9-10H2/t15-,16+,18-,19+,24+,25-/m0/s1. The lowest BCUT2D eigenvalue weighted by Gasteiger charge is -2.49. The molecule has 2 saturated heterocycles. The molecule has 2 aromatic rings. The Morgan fingerprint density at radius 3 is 2.35 bits per heavy atom. The summed E-state index contributed by atoms with van der Waals surface area (Å²) in [6.45, 7) is -0.442. The van der Waals surface area contributed by atoms with Crippen LogP contribution < -0.4 is 4.90 Å². The highest BCUT2D eigenvalue weighted by molar-refractivity contribution is 6.58. The van der Waals surface area contributed by atoms with Crippen LogP contribution in [0.25, 0.3) is 0 Å².